The maximum atomic E-state index is 15.3. The summed E-state index contributed by atoms with van der Waals surface area (Å²) in [7, 11) is 0. The normalized spacial score (nSPS) is 24.9. The van der Waals surface area contributed by atoms with Gasteiger partial charge in [0.2, 0.25) is 6.41 Å². The molecule has 2 aromatic heterocycles. The van der Waals surface area contributed by atoms with Crippen molar-refractivity contribution in [2.24, 2.45) is 0 Å². The average Bonchev–Trinajstić information content (AvgIpc) is 3.23. The number of ether oxygens (including phenoxy) is 1. The van der Waals surface area contributed by atoms with Gasteiger partial charge in [-0.3, -0.25) is 9.78 Å². The van der Waals surface area contributed by atoms with Gasteiger partial charge in [-0.2, -0.15) is 18.4 Å². The second-order valence-electron chi connectivity index (χ2n) is 8.41. The van der Waals surface area contributed by atoms with Gasteiger partial charge in [-0.15, -0.1) is 0 Å². The van der Waals surface area contributed by atoms with Gasteiger partial charge >= 0.3 is 12.3 Å². The predicted octanol–water partition coefficient (Wildman–Crippen LogP) is 2.15. The first-order valence-corrected chi connectivity index (χ1v) is 10.5. The lowest BCUT2D eigenvalue weighted by atomic mass is 10.0. The van der Waals surface area contributed by atoms with Crippen molar-refractivity contribution in [3.05, 3.63) is 30.2 Å². The minimum atomic E-state index is -4.79. The third-order valence-corrected chi connectivity index (χ3v) is 6.07. The Kier molecular flexibility index (Phi) is 6.37. The highest BCUT2D eigenvalue weighted by molar-refractivity contribution is 5.93. The van der Waals surface area contributed by atoms with E-state index < -0.39 is 49.9 Å². The first-order chi connectivity index (χ1) is 16.5. The van der Waals surface area contributed by atoms with Gasteiger partial charge < -0.3 is 24.5 Å². The van der Waals surface area contributed by atoms with Gasteiger partial charge in [-0.1, -0.05) is 0 Å². The van der Waals surface area contributed by atoms with Crippen LogP contribution in [0.4, 0.5) is 28.0 Å². The lowest BCUT2D eigenvalue weighted by Crippen LogP contribution is -2.60. The molecule has 14 heteroatoms. The number of pyridine rings is 2. The fourth-order valence-corrected chi connectivity index (χ4v) is 4.35. The number of hydrogen-bond donors (Lipinski definition) is 1. The number of hydrogen-bond acceptors (Lipinski definition) is 7. The van der Waals surface area contributed by atoms with E-state index in [1.54, 1.807) is 12.1 Å². The molecular weight excluding hydrogens is 476 g/mol. The minimum absolute atomic E-state index is 0.000335. The summed E-state index contributed by atoms with van der Waals surface area (Å²) in [6.45, 7) is -2.13. The molecule has 10 nitrogen and oxygen atoms in total. The lowest BCUT2D eigenvalue weighted by Gasteiger charge is -2.44. The summed E-state index contributed by atoms with van der Waals surface area (Å²) >= 11 is 0. The number of likely N-dealkylation sites (tertiary alicyclic amines) is 1. The molecule has 2 aromatic rings. The highest BCUT2D eigenvalue weighted by atomic mass is 19.4. The molecule has 4 heterocycles. The Morgan fingerprint density at radius 1 is 1.40 bits per heavy atom. The summed E-state index contributed by atoms with van der Waals surface area (Å²) in [5.41, 5.74) is -1.69. The number of nitrogens with zero attached hydrogens (tertiary/aromatic N) is 6. The van der Waals surface area contributed by atoms with Crippen LogP contribution in [0, 0.1) is 11.3 Å². The number of carboxylic acid groups (broad SMARTS) is 1. The predicted molar refractivity (Wildman–Crippen MR) is 112 cm³/mol. The smallest absolute Gasteiger partial charge is 0.416 e. The second kappa shape index (κ2) is 9.14. The molecule has 35 heavy (non-hydrogen) atoms. The van der Waals surface area contributed by atoms with Crippen molar-refractivity contribution in [2.75, 3.05) is 37.6 Å². The Labute approximate surface area is 196 Å². The molecule has 1 N–H and O–H groups in total. The van der Waals surface area contributed by atoms with Gasteiger partial charge in [0.05, 0.1) is 38.1 Å². The molecular formula is C21H20F4N6O4. The number of carbonyl (C=O) groups is 2. The quantitative estimate of drug-likeness (QED) is 0.494. The molecule has 0 aliphatic carbocycles. The van der Waals surface area contributed by atoms with Gasteiger partial charge in [0.1, 0.15) is 17.3 Å². The lowest BCUT2D eigenvalue weighted by molar-refractivity contribution is -0.252. The number of morpholine rings is 1. The van der Waals surface area contributed by atoms with Crippen LogP contribution in [0.3, 0.4) is 0 Å². The molecule has 0 bridgehead atoms. The van der Waals surface area contributed by atoms with Crippen LogP contribution in [0.2, 0.25) is 0 Å². The van der Waals surface area contributed by atoms with Gasteiger partial charge in [-0.05, 0) is 12.1 Å². The number of rotatable bonds is 5. The van der Waals surface area contributed by atoms with Crippen LogP contribution in [-0.2, 0) is 9.53 Å². The zero-order valence-electron chi connectivity index (χ0n) is 18.2. The topological polar surface area (TPSA) is 123 Å². The van der Waals surface area contributed by atoms with Crippen molar-refractivity contribution < 1.29 is 37.0 Å². The molecule has 186 valence electrons. The van der Waals surface area contributed by atoms with E-state index in [1.807, 2.05) is 6.07 Å². The summed E-state index contributed by atoms with van der Waals surface area (Å²) < 4.78 is 61.7. The summed E-state index contributed by atoms with van der Waals surface area (Å²) in [6, 6.07) is 5.03. The molecule has 0 saturated carbocycles. The fourth-order valence-electron chi connectivity index (χ4n) is 4.35. The maximum absolute atomic E-state index is 15.3. The van der Waals surface area contributed by atoms with Crippen LogP contribution in [0.25, 0.3) is 10.9 Å². The molecule has 2 aliphatic rings. The Balaban J connectivity index is 1.65. The molecule has 0 spiro atoms. The van der Waals surface area contributed by atoms with Crippen molar-refractivity contribution in [2.45, 2.75) is 30.6 Å². The summed E-state index contributed by atoms with van der Waals surface area (Å²) in [5, 5.41) is 18.8. The molecule has 2 fully saturated rings. The van der Waals surface area contributed by atoms with Crippen LogP contribution in [0.5, 0.6) is 0 Å². The van der Waals surface area contributed by atoms with Crippen molar-refractivity contribution >= 4 is 29.1 Å². The fraction of sp³-hybridized carbons (Fsp3) is 0.476. The monoisotopic (exact) mass is 496 g/mol. The number of carbonyl (C=O) groups excluding carboxylic acids is 1. The molecule has 2 saturated heterocycles. The number of fused-ring (bicyclic) bond motifs is 1. The van der Waals surface area contributed by atoms with E-state index in [9.17, 15) is 28.0 Å². The average molecular weight is 496 g/mol. The number of halogens is 4. The molecule has 4 rings (SSSR count). The highest BCUT2D eigenvalue weighted by Crippen LogP contribution is 2.35. The van der Waals surface area contributed by atoms with Gasteiger partial charge in [0, 0.05) is 24.5 Å². The molecule has 0 radical (unpaired) electrons. The first-order valence-electron chi connectivity index (χ1n) is 10.5. The number of aromatic nitrogens is 2. The Morgan fingerprint density at radius 3 is 2.80 bits per heavy atom. The molecule has 0 aromatic carbocycles. The highest BCUT2D eigenvalue weighted by Gasteiger charge is 2.49. The summed E-state index contributed by atoms with van der Waals surface area (Å²) in [5.74, 6) is 0. The second-order valence-corrected chi connectivity index (χ2v) is 8.41. The van der Waals surface area contributed by atoms with Crippen LogP contribution in [-0.4, -0.2) is 94.3 Å². The number of amides is 2. The van der Waals surface area contributed by atoms with E-state index in [0.717, 1.165) is 9.80 Å². The summed E-state index contributed by atoms with van der Waals surface area (Å²) in [4.78, 5) is 34.0. The third kappa shape index (κ3) is 4.90. The van der Waals surface area contributed by atoms with Crippen molar-refractivity contribution in [3.63, 3.8) is 0 Å². The van der Waals surface area contributed by atoms with Crippen LogP contribution in [0.1, 0.15) is 12.1 Å². The zero-order chi connectivity index (χ0) is 25.4. The van der Waals surface area contributed by atoms with Crippen molar-refractivity contribution in [1.29, 1.82) is 5.26 Å². The number of nitriles is 1. The van der Waals surface area contributed by atoms with Gasteiger partial charge in [-0.25, -0.2) is 14.2 Å². The van der Waals surface area contributed by atoms with E-state index in [2.05, 4.69) is 9.97 Å². The molecule has 2 amide bonds. The van der Waals surface area contributed by atoms with E-state index in [1.165, 1.54) is 17.3 Å². The van der Waals surface area contributed by atoms with E-state index in [-0.39, 0.29) is 42.8 Å². The number of alkyl halides is 4. The van der Waals surface area contributed by atoms with Crippen LogP contribution >= 0.6 is 0 Å². The molecule has 3 atom stereocenters. The van der Waals surface area contributed by atoms with Crippen LogP contribution in [0.15, 0.2) is 24.5 Å². The number of anilines is 1. The van der Waals surface area contributed by atoms with E-state index in [4.69, 9.17) is 9.84 Å². The summed E-state index contributed by atoms with van der Waals surface area (Å²) in [6.07, 6.45) is -7.24. The van der Waals surface area contributed by atoms with E-state index >= 15 is 4.39 Å². The largest absolute Gasteiger partial charge is 0.465 e. The minimum Gasteiger partial charge on any atom is -0.465 e. The Hall–Kier alpha value is -3.73. The molecule has 0 unspecified atom stereocenters. The van der Waals surface area contributed by atoms with E-state index in [0.29, 0.717) is 5.39 Å². The molecule has 2 aliphatic heterocycles. The Morgan fingerprint density at radius 2 is 2.17 bits per heavy atom. The van der Waals surface area contributed by atoms with Gasteiger partial charge in [0.25, 0.3) is 0 Å². The van der Waals surface area contributed by atoms with Crippen molar-refractivity contribution in [1.82, 2.24) is 19.8 Å². The SMILES string of the molecule is N#Cc1ncc(N2C[C@@H](C(F)(F)F)O[C@@H](N(C=O)C[C@]3(F)CCN(C(=O)O)C3)C2)c2cccnc12. The third-order valence-electron chi connectivity index (χ3n) is 6.07. The standard InChI is InChI=1S/C21H20F4N6O4/c22-20(3-5-29(10-20)19(33)34)11-31(12-32)17-9-30(8-16(35-17)21(23,24)25)15-7-28-14(6-26)18-13(15)2-1-4-27-18/h1-2,4,7,12,16-17H,3,5,8-11H2,(H,33,34)/t16-,17+,20-/m0/s1. The van der Waals surface area contributed by atoms with Crippen molar-refractivity contribution in [3.8, 4) is 6.07 Å². The first kappa shape index (κ1) is 24.4. The van der Waals surface area contributed by atoms with Gasteiger partial charge in [0.15, 0.2) is 18.0 Å². The maximum Gasteiger partial charge on any atom is 0.416 e. The zero-order valence-corrected chi connectivity index (χ0v) is 18.2. The Bertz CT molecular complexity index is 1170. The van der Waals surface area contributed by atoms with Crippen LogP contribution < -0.4 is 4.90 Å².